The van der Waals surface area contributed by atoms with E-state index in [9.17, 15) is 107 Å². The summed E-state index contributed by atoms with van der Waals surface area (Å²) in [6, 6.07) is -13.8. The molecule has 48 nitrogen and oxygen atoms in total. The van der Waals surface area contributed by atoms with E-state index in [2.05, 4.69) is 110 Å². The number of nitrogens with one attached hydrogen (secondary N) is 18. The summed E-state index contributed by atoms with van der Waals surface area (Å²) in [5, 5.41) is 108. The normalized spacial score (nSPS) is 17.2. The second-order valence-corrected chi connectivity index (χ2v) is 36.7. The molecule has 0 aromatic heterocycles. The maximum Gasteiger partial charge on any atom is 0.326 e. The van der Waals surface area contributed by atoms with E-state index in [1.54, 1.807) is 55.4 Å². The number of nitrogens with two attached hydrogens (primary N) is 7. The van der Waals surface area contributed by atoms with Crippen LogP contribution in [0.15, 0.2) is 48.5 Å². The molecule has 768 valence electrons. The van der Waals surface area contributed by atoms with Crippen LogP contribution >= 0.6 is 25.3 Å². The lowest BCUT2D eigenvalue weighted by molar-refractivity contribution is -0.142. The molecule has 1 saturated heterocycles. The van der Waals surface area contributed by atoms with Crippen molar-refractivity contribution in [2.24, 2.45) is 63.8 Å². The van der Waals surface area contributed by atoms with Gasteiger partial charge in [0.1, 0.15) is 102 Å². The summed E-state index contributed by atoms with van der Waals surface area (Å²) in [5.41, 5.74) is 41.4. The average molecular weight is 1970 g/mol. The number of hydrogen-bond acceptors (Lipinski definition) is 29. The summed E-state index contributed by atoms with van der Waals surface area (Å²) >= 11 is 8.93. The Kier molecular flexibility index (Phi) is 51.5. The predicted octanol–water partition coefficient (Wildman–Crippen LogP) is -7.30. The minimum absolute atomic E-state index is 0.00183. The number of primary amides is 1. The van der Waals surface area contributed by atoms with Gasteiger partial charge in [-0.15, -0.1) is 0 Å². The third-order valence-electron chi connectivity index (χ3n) is 23.2. The van der Waals surface area contributed by atoms with E-state index in [0.29, 0.717) is 17.5 Å². The van der Waals surface area contributed by atoms with E-state index in [1.165, 1.54) is 67.3 Å². The fraction of sp³-hybridized carbons (Fsp3) is 0.644. The quantitative estimate of drug-likeness (QED) is 0.0127. The largest absolute Gasteiger partial charge is 0.508 e. The van der Waals surface area contributed by atoms with Crippen LogP contribution in [-0.2, 0) is 94.3 Å². The average Bonchev–Trinajstić information content (AvgIpc) is 1.52. The first kappa shape index (κ1) is 119. The van der Waals surface area contributed by atoms with Crippen LogP contribution in [0.25, 0.3) is 0 Å². The fourth-order valence-corrected chi connectivity index (χ4v) is 14.7. The number of guanidine groups is 2. The van der Waals surface area contributed by atoms with Crippen LogP contribution in [0.3, 0.4) is 0 Å². The van der Waals surface area contributed by atoms with Crippen molar-refractivity contribution < 1.29 is 107 Å². The molecular formula is C87H146N26O22S2. The molecule has 0 spiro atoms. The number of carboxylic acids is 1. The van der Waals surface area contributed by atoms with Crippen LogP contribution in [0.4, 0.5) is 0 Å². The number of aromatic hydroxyl groups is 2. The fourth-order valence-electron chi connectivity index (χ4n) is 14.3. The maximum absolute atomic E-state index is 15.0. The third-order valence-corrected chi connectivity index (χ3v) is 23.8. The lowest BCUT2D eigenvalue weighted by Crippen LogP contribution is -2.64. The number of rotatable bonds is 61. The Balaban J connectivity index is 1.95. The number of carboxylic acid groups (broad SMARTS) is 1. The summed E-state index contributed by atoms with van der Waals surface area (Å²) in [6.45, 7) is 16.5. The summed E-state index contributed by atoms with van der Waals surface area (Å²) in [5.74, 6) is -21.4. The van der Waals surface area contributed by atoms with Crippen molar-refractivity contribution in [2.45, 2.75) is 286 Å². The molecule has 1 aliphatic rings. The Morgan fingerprint density at radius 2 is 0.788 bits per heavy atom. The van der Waals surface area contributed by atoms with E-state index in [0.717, 1.165) is 6.92 Å². The monoisotopic (exact) mass is 1970 g/mol. The van der Waals surface area contributed by atoms with Crippen LogP contribution in [0.1, 0.15) is 171 Å². The molecule has 0 aliphatic carbocycles. The number of carbonyl (C=O) groups excluding carboxylic acids is 16. The molecule has 2 aromatic rings. The Hall–Kier alpha value is -12.0. The molecule has 2 aromatic carbocycles. The molecular weight excluding hydrogens is 1830 g/mol. The molecule has 0 unspecified atom stereocenters. The van der Waals surface area contributed by atoms with Crippen molar-refractivity contribution in [1.29, 1.82) is 10.8 Å². The zero-order valence-corrected chi connectivity index (χ0v) is 81.2. The molecule has 50 heteroatoms. The highest BCUT2D eigenvalue weighted by Crippen LogP contribution is 2.25. The molecule has 0 saturated carbocycles. The summed E-state index contributed by atoms with van der Waals surface area (Å²) in [4.78, 5) is 243. The van der Waals surface area contributed by atoms with E-state index in [-0.39, 0.29) is 140 Å². The topological polar surface area (TPSA) is 817 Å². The summed E-state index contributed by atoms with van der Waals surface area (Å²) in [6.07, 6.45) is -5.09. The Bertz CT molecular complexity index is 4400. The second kappa shape index (κ2) is 59.2. The number of benzene rings is 2. The SMILES string of the molecule is CC[C@H](C)[C@H](NC(=O)[C@@H](NC(=O)[C@@H]1C[C@@H](O)CN1C(=O)[C@@H](N)C(C)C)[C@@H](C)CC)C(=O)N[C@@H](Cc1ccc(O)cc1)C(=O)N[C@H](C(=O)N[C@@H](CC(N)=O)C(=O)N[C@@H](CCCNC(=N)N)C(=O)N[C@@H](CCCN)C(=O)N[C@H](C(=O)N[C@H](CCN)C(=O)N[C@H](C(=O)N[C@@H](CS)C(=O)N[C@@H](CCN)C(=O)N[C@@H](CCCNC(=N)N)C(=O)N[C@@H](Cc1ccc(O)cc1)C(=O)O)[C@@H](C)CC)[C@@H](C)O)C(C)(C)S. The van der Waals surface area contributed by atoms with Gasteiger partial charge in [0.2, 0.25) is 94.5 Å². The highest BCUT2D eigenvalue weighted by Gasteiger charge is 2.46. The Morgan fingerprint density at radius 3 is 1.18 bits per heavy atom. The van der Waals surface area contributed by atoms with E-state index in [1.807, 2.05) is 0 Å². The number of phenols is 2. The standard InChI is InChI=1S/C87H146N26O22S2/c1-12-43(6)64(79(129)107-60(41-136)76(126)102-55(29-32-89)71(121)100-54(20-17-35-98-86(95)96)70(120)106-59(84(134)135)37-48-23-27-50(116)28-24-48)108-73(123)56(30-33-90)103-81(131)67(46(9)114)111-72(122)52(18-15-31-88)99-69(119)53(19-16-34-97-85(93)94)101-74(124)58(39-62(91)118)105-82(132)68(87(10,11)137)112-75(125)57(36-47-21-25-49(115)26-22-47)104-78(128)65(44(7)13-2)110-80(130)66(45(8)14-3)109-77(127)61-38-51(117)40-113(61)83(133)63(92)42(4)5/h21-28,42-46,51-61,63-68,114-117,136-137H,12-20,29-41,88-90,92H2,1-11H3,(H2,91,118)(H,99,119)(H,100,121)(H,101,124)(H,102,126)(H,103,131)(H,104,128)(H,105,132)(H,106,120)(H,107,129)(H,108,123)(H,109,127)(H,110,130)(H,111,122)(H,112,125)(H,134,135)(H4,93,94,97)(H4,95,96,98)/t43-,44-,45-,46+,51+,52-,53-,54-,55-,56+,57-,58-,59-,60-,61-,63-,64-,65-,66-,67-,68+/m0/s1. The molecule has 137 heavy (non-hydrogen) atoms. The van der Waals surface area contributed by atoms with Gasteiger partial charge in [-0.2, -0.15) is 25.3 Å². The first-order valence-corrected chi connectivity index (χ1v) is 46.7. The highest BCUT2D eigenvalue weighted by molar-refractivity contribution is 7.81. The number of β-amino-alcohol motifs (C(OH)–C–C–N with tert-alkyl or cyclic N) is 1. The lowest BCUT2D eigenvalue weighted by atomic mass is 9.94. The van der Waals surface area contributed by atoms with E-state index in [4.69, 9.17) is 51.0 Å². The number of aliphatic hydroxyl groups is 2. The Morgan fingerprint density at radius 1 is 0.453 bits per heavy atom. The number of hydrogen-bond donors (Lipinski definition) is 32. The molecule has 3 rings (SSSR count). The highest BCUT2D eigenvalue weighted by atomic mass is 32.1. The van der Waals surface area contributed by atoms with Crippen molar-refractivity contribution in [3.63, 3.8) is 0 Å². The number of likely N-dealkylation sites (tertiary alicyclic amines) is 1. The summed E-state index contributed by atoms with van der Waals surface area (Å²) in [7, 11) is 0. The molecule has 21 atom stereocenters. The number of carbonyl (C=O) groups is 17. The van der Waals surface area contributed by atoms with Gasteiger partial charge in [-0.3, -0.25) is 87.5 Å². The number of nitrogens with zero attached hydrogens (tertiary/aromatic N) is 1. The van der Waals surface area contributed by atoms with Crippen LogP contribution in [0.5, 0.6) is 11.5 Å². The van der Waals surface area contributed by atoms with Gasteiger partial charge in [-0.05, 0) is 151 Å². The summed E-state index contributed by atoms with van der Waals surface area (Å²) < 4.78 is -1.61. The van der Waals surface area contributed by atoms with Gasteiger partial charge in [0.05, 0.1) is 24.7 Å². The van der Waals surface area contributed by atoms with Gasteiger partial charge in [0, 0.05) is 49.4 Å². The van der Waals surface area contributed by atoms with Crippen LogP contribution in [0.2, 0.25) is 0 Å². The molecule has 1 heterocycles. The third kappa shape index (κ3) is 40.3. The first-order valence-electron chi connectivity index (χ1n) is 45.7. The number of aliphatic carboxylic acids is 1. The van der Waals surface area contributed by atoms with Gasteiger partial charge in [-0.25, -0.2) is 4.79 Å². The van der Waals surface area contributed by atoms with Gasteiger partial charge in [0.25, 0.3) is 0 Å². The van der Waals surface area contributed by atoms with Crippen LogP contribution < -0.4 is 125 Å². The molecule has 16 amide bonds. The van der Waals surface area contributed by atoms with Crippen LogP contribution in [-0.4, -0.2) is 301 Å². The van der Waals surface area contributed by atoms with Crippen molar-refractivity contribution >= 4 is 138 Å². The minimum atomic E-state index is -1.98. The van der Waals surface area contributed by atoms with Crippen molar-refractivity contribution in [1.82, 2.24) is 90.0 Å². The molecule has 1 aliphatic heterocycles. The lowest BCUT2D eigenvalue weighted by Gasteiger charge is -2.33. The van der Waals surface area contributed by atoms with Crippen molar-refractivity contribution in [3.8, 4) is 11.5 Å². The number of aliphatic hydroxyl groups excluding tert-OH is 2. The van der Waals surface area contributed by atoms with Gasteiger partial charge in [0.15, 0.2) is 11.9 Å². The van der Waals surface area contributed by atoms with E-state index < -0.39 is 256 Å². The molecule has 37 N–H and O–H groups in total. The van der Waals surface area contributed by atoms with Crippen molar-refractivity contribution in [3.05, 3.63) is 59.7 Å². The number of amides is 16. The van der Waals surface area contributed by atoms with Gasteiger partial charge < -0.3 is 156 Å². The second-order valence-electron chi connectivity index (χ2n) is 35.1. The number of phenolic OH excluding ortho intramolecular Hbond substituents is 2. The van der Waals surface area contributed by atoms with Gasteiger partial charge in [-0.1, -0.05) is 98.9 Å². The first-order chi connectivity index (χ1) is 64.3. The zero-order valence-electron chi connectivity index (χ0n) is 79.4. The predicted molar refractivity (Wildman–Crippen MR) is 512 cm³/mol. The zero-order chi connectivity index (χ0) is 104. The van der Waals surface area contributed by atoms with Crippen LogP contribution in [0, 0.1) is 34.5 Å². The minimum Gasteiger partial charge on any atom is -0.508 e. The smallest absolute Gasteiger partial charge is 0.326 e. The maximum atomic E-state index is 15.0. The van der Waals surface area contributed by atoms with E-state index >= 15 is 0 Å². The molecule has 0 radical (unpaired) electrons. The Labute approximate surface area is 807 Å². The van der Waals surface area contributed by atoms with Gasteiger partial charge >= 0.3 is 5.97 Å². The number of thiol groups is 2. The molecule has 0 bridgehead atoms. The molecule has 1 fully saturated rings. The van der Waals surface area contributed by atoms with Crippen molar-refractivity contribution in [2.75, 3.05) is 45.0 Å².